The number of hydrogen-bond donors (Lipinski definition) is 2. The number of pyridine rings is 1. The molecule has 2 heterocycles. The first-order valence-corrected chi connectivity index (χ1v) is 5.88. The van der Waals surface area contributed by atoms with Gasteiger partial charge in [-0.25, -0.2) is 4.98 Å². The molecule has 0 atom stereocenters. The van der Waals surface area contributed by atoms with Gasteiger partial charge in [0.1, 0.15) is 5.82 Å². The lowest BCUT2D eigenvalue weighted by Gasteiger charge is -2.05. The molecule has 2 N–H and O–H groups in total. The molecule has 0 aromatic carbocycles. The zero-order chi connectivity index (χ0) is 12.8. The summed E-state index contributed by atoms with van der Waals surface area (Å²) in [4.78, 5) is 4.16. The van der Waals surface area contributed by atoms with E-state index in [4.69, 9.17) is 5.26 Å². The lowest BCUT2D eigenvalue weighted by atomic mass is 10.1. The third-order valence-electron chi connectivity index (χ3n) is 2.75. The maximum absolute atomic E-state index is 8.77. The zero-order valence-corrected chi connectivity index (χ0v) is 10.3. The smallest absolute Gasteiger partial charge is 0.127 e. The monoisotopic (exact) mass is 241 g/mol. The van der Waals surface area contributed by atoms with Gasteiger partial charge in [-0.15, -0.1) is 0 Å². The molecule has 0 spiro atoms. The van der Waals surface area contributed by atoms with E-state index in [-0.39, 0.29) is 0 Å². The van der Waals surface area contributed by atoms with Crippen LogP contribution in [0.15, 0.2) is 24.5 Å². The van der Waals surface area contributed by atoms with E-state index < -0.39 is 0 Å². The van der Waals surface area contributed by atoms with Crippen molar-refractivity contribution in [3.05, 3.63) is 41.3 Å². The van der Waals surface area contributed by atoms with Gasteiger partial charge in [-0.1, -0.05) is 0 Å². The minimum atomic E-state index is 0.623. The molecule has 18 heavy (non-hydrogen) atoms. The Bertz CT molecular complexity index is 553. The normalized spacial score (nSPS) is 10.0. The first-order chi connectivity index (χ1) is 8.79. The van der Waals surface area contributed by atoms with Crippen molar-refractivity contribution in [2.45, 2.75) is 19.8 Å². The lowest BCUT2D eigenvalue weighted by Crippen LogP contribution is -2.04. The Hall–Kier alpha value is -2.35. The maximum atomic E-state index is 8.77. The first-order valence-electron chi connectivity index (χ1n) is 5.88. The van der Waals surface area contributed by atoms with E-state index in [0.29, 0.717) is 5.56 Å². The van der Waals surface area contributed by atoms with Crippen LogP contribution in [0.2, 0.25) is 0 Å². The molecule has 92 valence electrons. The number of nitrogens with zero attached hydrogens (tertiary/aromatic N) is 3. The van der Waals surface area contributed by atoms with Crippen molar-refractivity contribution in [2.75, 3.05) is 11.9 Å². The number of nitrogens with one attached hydrogen (secondary N) is 2. The molecular weight excluding hydrogens is 226 g/mol. The summed E-state index contributed by atoms with van der Waals surface area (Å²) in [5, 5.41) is 18.9. The second-order valence-electron chi connectivity index (χ2n) is 4.09. The molecule has 0 aliphatic heterocycles. The molecule has 0 saturated carbocycles. The Kier molecular flexibility index (Phi) is 3.92. The molecule has 2 aromatic heterocycles. The largest absolute Gasteiger partial charge is 0.370 e. The second-order valence-corrected chi connectivity index (χ2v) is 4.09. The van der Waals surface area contributed by atoms with Crippen molar-refractivity contribution in [3.63, 3.8) is 0 Å². The summed E-state index contributed by atoms with van der Waals surface area (Å²) in [7, 11) is 0. The summed E-state index contributed by atoms with van der Waals surface area (Å²) >= 11 is 0. The predicted octanol–water partition coefficient (Wildman–Crippen LogP) is 2.03. The van der Waals surface area contributed by atoms with Crippen LogP contribution in [0.3, 0.4) is 0 Å². The minimum absolute atomic E-state index is 0.623. The number of aromatic nitrogens is 3. The molecule has 0 aliphatic carbocycles. The highest BCUT2D eigenvalue weighted by atomic mass is 15.1. The molecule has 5 heteroatoms. The van der Waals surface area contributed by atoms with Crippen LogP contribution < -0.4 is 5.32 Å². The number of aromatic amines is 1. The van der Waals surface area contributed by atoms with Crippen LogP contribution in [-0.2, 0) is 6.42 Å². The molecule has 0 amide bonds. The second kappa shape index (κ2) is 5.82. The minimum Gasteiger partial charge on any atom is -0.370 e. The third-order valence-corrected chi connectivity index (χ3v) is 2.75. The van der Waals surface area contributed by atoms with Crippen molar-refractivity contribution in [3.8, 4) is 6.07 Å². The van der Waals surface area contributed by atoms with E-state index in [1.807, 2.05) is 13.1 Å². The van der Waals surface area contributed by atoms with Gasteiger partial charge >= 0.3 is 0 Å². The highest BCUT2D eigenvalue weighted by Gasteiger charge is 2.00. The van der Waals surface area contributed by atoms with Crippen LogP contribution in [0, 0.1) is 18.3 Å². The number of hydrogen-bond acceptors (Lipinski definition) is 4. The van der Waals surface area contributed by atoms with Crippen molar-refractivity contribution in [1.82, 2.24) is 15.2 Å². The van der Waals surface area contributed by atoms with E-state index in [0.717, 1.165) is 30.9 Å². The zero-order valence-electron chi connectivity index (χ0n) is 10.3. The highest BCUT2D eigenvalue weighted by molar-refractivity contribution is 5.42. The summed E-state index contributed by atoms with van der Waals surface area (Å²) in [6, 6.07) is 5.54. The molecular formula is C13H15N5. The van der Waals surface area contributed by atoms with Gasteiger partial charge in [0.2, 0.25) is 0 Å². The topological polar surface area (TPSA) is 77.4 Å². The molecule has 0 aliphatic rings. The van der Waals surface area contributed by atoms with Crippen molar-refractivity contribution in [2.24, 2.45) is 0 Å². The standard InChI is InChI=1S/C13H15N5/c1-10-12(9-17-18-10)3-2-5-15-13-7-11(8-14)4-6-16-13/h4,6-7,9H,2-3,5H2,1H3,(H,15,16)(H,17,18). The molecule has 0 unspecified atom stereocenters. The quantitative estimate of drug-likeness (QED) is 0.785. The van der Waals surface area contributed by atoms with Gasteiger partial charge in [-0.2, -0.15) is 10.4 Å². The number of H-pyrrole nitrogens is 1. The van der Waals surface area contributed by atoms with Gasteiger partial charge in [-0.05, 0) is 37.5 Å². The van der Waals surface area contributed by atoms with Crippen LogP contribution in [0.1, 0.15) is 23.2 Å². The average molecular weight is 241 g/mol. The van der Waals surface area contributed by atoms with Gasteiger partial charge in [0, 0.05) is 18.4 Å². The number of aryl methyl sites for hydroxylation is 2. The number of nitriles is 1. The fraction of sp³-hybridized carbons (Fsp3) is 0.308. The molecule has 0 fully saturated rings. The SMILES string of the molecule is Cc1[nH]ncc1CCCNc1cc(C#N)ccn1. The number of rotatable bonds is 5. The van der Waals surface area contributed by atoms with Crippen LogP contribution >= 0.6 is 0 Å². The van der Waals surface area contributed by atoms with Crippen molar-refractivity contribution < 1.29 is 0 Å². The Labute approximate surface area is 106 Å². The summed E-state index contributed by atoms with van der Waals surface area (Å²) in [5.74, 6) is 0.748. The molecule has 0 radical (unpaired) electrons. The first kappa shape index (κ1) is 12.1. The average Bonchev–Trinajstić information content (AvgIpc) is 2.81. The van der Waals surface area contributed by atoms with E-state index >= 15 is 0 Å². The van der Waals surface area contributed by atoms with Gasteiger partial charge < -0.3 is 5.32 Å². The van der Waals surface area contributed by atoms with Gasteiger partial charge in [0.15, 0.2) is 0 Å². The molecule has 2 rings (SSSR count). The van der Waals surface area contributed by atoms with Crippen LogP contribution in [0.5, 0.6) is 0 Å². The summed E-state index contributed by atoms with van der Waals surface area (Å²) < 4.78 is 0. The maximum Gasteiger partial charge on any atom is 0.127 e. The van der Waals surface area contributed by atoms with Crippen LogP contribution in [0.25, 0.3) is 0 Å². The molecule has 0 saturated heterocycles. The Morgan fingerprint density at radius 3 is 3.11 bits per heavy atom. The summed E-state index contributed by atoms with van der Waals surface area (Å²) in [5.41, 5.74) is 2.99. The van der Waals surface area contributed by atoms with E-state index in [1.165, 1.54) is 5.56 Å². The Morgan fingerprint density at radius 2 is 2.39 bits per heavy atom. The Morgan fingerprint density at radius 1 is 1.50 bits per heavy atom. The van der Waals surface area contributed by atoms with Crippen molar-refractivity contribution >= 4 is 5.82 Å². The molecule has 5 nitrogen and oxygen atoms in total. The van der Waals surface area contributed by atoms with E-state index in [2.05, 4.69) is 26.6 Å². The van der Waals surface area contributed by atoms with Crippen LogP contribution in [-0.4, -0.2) is 21.7 Å². The van der Waals surface area contributed by atoms with Gasteiger partial charge in [0.25, 0.3) is 0 Å². The highest BCUT2D eigenvalue weighted by Crippen LogP contribution is 2.08. The third kappa shape index (κ3) is 3.08. The molecule has 0 bridgehead atoms. The fourth-order valence-corrected chi connectivity index (χ4v) is 1.72. The van der Waals surface area contributed by atoms with Gasteiger partial charge in [0.05, 0.1) is 17.8 Å². The van der Waals surface area contributed by atoms with Gasteiger partial charge in [-0.3, -0.25) is 5.10 Å². The summed E-state index contributed by atoms with van der Waals surface area (Å²) in [6.45, 7) is 2.85. The predicted molar refractivity (Wildman–Crippen MR) is 69.1 cm³/mol. The Balaban J connectivity index is 1.79. The van der Waals surface area contributed by atoms with Crippen molar-refractivity contribution in [1.29, 1.82) is 5.26 Å². The number of anilines is 1. The lowest BCUT2D eigenvalue weighted by molar-refractivity contribution is 0.853. The fourth-order valence-electron chi connectivity index (χ4n) is 1.72. The van der Waals surface area contributed by atoms with E-state index in [1.54, 1.807) is 18.3 Å². The molecule has 2 aromatic rings. The van der Waals surface area contributed by atoms with E-state index in [9.17, 15) is 0 Å². The summed E-state index contributed by atoms with van der Waals surface area (Å²) in [6.07, 6.45) is 5.48. The van der Waals surface area contributed by atoms with Crippen LogP contribution in [0.4, 0.5) is 5.82 Å².